The highest BCUT2D eigenvalue weighted by Gasteiger charge is 2.03. The average Bonchev–Trinajstić information content (AvgIpc) is 2.65. The van der Waals surface area contributed by atoms with Crippen LogP contribution >= 0.6 is 0 Å². The Balaban J connectivity index is 2.54. The number of imidazole rings is 1. The van der Waals surface area contributed by atoms with Gasteiger partial charge in [-0.3, -0.25) is 9.36 Å². The van der Waals surface area contributed by atoms with E-state index in [2.05, 4.69) is 9.97 Å². The van der Waals surface area contributed by atoms with Gasteiger partial charge in [-0.15, -0.1) is 0 Å². The first-order valence-electron chi connectivity index (χ1n) is 4.24. The molecule has 2 rings (SSSR count). The van der Waals surface area contributed by atoms with E-state index in [1.165, 1.54) is 0 Å². The van der Waals surface area contributed by atoms with Gasteiger partial charge in [-0.1, -0.05) is 6.07 Å². The normalized spacial score (nSPS) is 10.1. The SMILES string of the molecule is Cc1cccc(-n2ccnc2C=O)n1. The summed E-state index contributed by atoms with van der Waals surface area (Å²) in [6.45, 7) is 1.90. The van der Waals surface area contributed by atoms with Crippen LogP contribution in [0.1, 0.15) is 16.3 Å². The number of aldehydes is 1. The third kappa shape index (κ3) is 1.42. The number of rotatable bonds is 2. The van der Waals surface area contributed by atoms with E-state index in [9.17, 15) is 4.79 Å². The van der Waals surface area contributed by atoms with Gasteiger partial charge in [0.15, 0.2) is 12.1 Å². The Bertz CT molecular complexity index is 462. The summed E-state index contributed by atoms with van der Waals surface area (Å²) in [6.07, 6.45) is 4.00. The van der Waals surface area contributed by atoms with E-state index in [1.54, 1.807) is 17.0 Å². The number of pyridine rings is 1. The third-order valence-corrected chi connectivity index (χ3v) is 1.90. The van der Waals surface area contributed by atoms with Crippen LogP contribution in [0.3, 0.4) is 0 Å². The van der Waals surface area contributed by atoms with Crippen molar-refractivity contribution in [3.63, 3.8) is 0 Å². The molecular formula is C10H9N3O. The van der Waals surface area contributed by atoms with Crippen LogP contribution in [0.25, 0.3) is 5.82 Å². The summed E-state index contributed by atoms with van der Waals surface area (Å²) < 4.78 is 1.65. The Hall–Kier alpha value is -1.97. The van der Waals surface area contributed by atoms with E-state index in [4.69, 9.17) is 0 Å². The first kappa shape index (κ1) is 8.62. The van der Waals surface area contributed by atoms with Crippen LogP contribution in [0.2, 0.25) is 0 Å². The largest absolute Gasteiger partial charge is 0.294 e. The molecule has 2 aromatic heterocycles. The van der Waals surface area contributed by atoms with Crippen molar-refractivity contribution in [2.24, 2.45) is 0 Å². The van der Waals surface area contributed by atoms with Crippen molar-refractivity contribution in [1.82, 2.24) is 14.5 Å². The summed E-state index contributed by atoms with van der Waals surface area (Å²) in [7, 11) is 0. The lowest BCUT2D eigenvalue weighted by Crippen LogP contribution is -2.01. The highest BCUT2D eigenvalue weighted by molar-refractivity contribution is 5.70. The minimum Gasteiger partial charge on any atom is -0.294 e. The number of carbonyl (C=O) groups is 1. The molecular weight excluding hydrogens is 178 g/mol. The standard InChI is InChI=1S/C10H9N3O/c1-8-3-2-4-9(12-8)13-6-5-11-10(13)7-14/h2-7H,1H3. The second kappa shape index (κ2) is 3.41. The van der Waals surface area contributed by atoms with Gasteiger partial charge in [-0.2, -0.15) is 0 Å². The fourth-order valence-corrected chi connectivity index (χ4v) is 1.26. The zero-order chi connectivity index (χ0) is 9.97. The molecule has 4 heteroatoms. The summed E-state index contributed by atoms with van der Waals surface area (Å²) in [4.78, 5) is 18.8. The Morgan fingerprint density at radius 2 is 2.29 bits per heavy atom. The minimum atomic E-state index is 0.364. The van der Waals surface area contributed by atoms with E-state index >= 15 is 0 Å². The van der Waals surface area contributed by atoms with Gasteiger partial charge in [-0.25, -0.2) is 9.97 Å². The number of nitrogens with zero attached hydrogens (tertiary/aromatic N) is 3. The van der Waals surface area contributed by atoms with Gasteiger partial charge in [0.1, 0.15) is 5.82 Å². The van der Waals surface area contributed by atoms with Gasteiger partial charge in [0, 0.05) is 18.1 Å². The maximum atomic E-state index is 10.6. The fraction of sp³-hybridized carbons (Fsp3) is 0.100. The van der Waals surface area contributed by atoms with Crippen molar-refractivity contribution in [2.75, 3.05) is 0 Å². The summed E-state index contributed by atoms with van der Waals surface area (Å²) in [5.74, 6) is 1.08. The topological polar surface area (TPSA) is 47.8 Å². The van der Waals surface area contributed by atoms with Crippen LogP contribution in [0.4, 0.5) is 0 Å². The van der Waals surface area contributed by atoms with Crippen molar-refractivity contribution >= 4 is 6.29 Å². The van der Waals surface area contributed by atoms with Gasteiger partial charge in [0.25, 0.3) is 0 Å². The van der Waals surface area contributed by atoms with Crippen LogP contribution in [0, 0.1) is 6.92 Å². The van der Waals surface area contributed by atoms with Gasteiger partial charge in [-0.05, 0) is 19.1 Å². The Labute approximate surface area is 81.2 Å². The van der Waals surface area contributed by atoms with E-state index < -0.39 is 0 Å². The number of hydrogen-bond donors (Lipinski definition) is 0. The molecule has 2 heterocycles. The van der Waals surface area contributed by atoms with Gasteiger partial charge in [0.2, 0.25) is 0 Å². The summed E-state index contributed by atoms with van der Waals surface area (Å²) >= 11 is 0. The van der Waals surface area contributed by atoms with Crippen LogP contribution < -0.4 is 0 Å². The van der Waals surface area contributed by atoms with Crippen LogP contribution in [0.5, 0.6) is 0 Å². The predicted octanol–water partition coefficient (Wildman–Crippen LogP) is 1.39. The predicted molar refractivity (Wildman–Crippen MR) is 51.5 cm³/mol. The molecule has 4 nitrogen and oxygen atoms in total. The zero-order valence-corrected chi connectivity index (χ0v) is 7.71. The molecule has 0 aliphatic heterocycles. The molecule has 0 amide bonds. The summed E-state index contributed by atoms with van der Waals surface area (Å²) in [6, 6.07) is 5.63. The zero-order valence-electron chi connectivity index (χ0n) is 7.71. The monoisotopic (exact) mass is 187 g/mol. The molecule has 0 aromatic carbocycles. The Kier molecular flexibility index (Phi) is 2.10. The lowest BCUT2D eigenvalue weighted by atomic mass is 10.4. The van der Waals surface area contributed by atoms with Gasteiger partial charge in [0.05, 0.1) is 0 Å². The number of carbonyl (C=O) groups excluding carboxylic acids is 1. The fourth-order valence-electron chi connectivity index (χ4n) is 1.26. The average molecular weight is 187 g/mol. The summed E-state index contributed by atoms with van der Waals surface area (Å²) in [5.41, 5.74) is 0.910. The molecule has 0 spiro atoms. The third-order valence-electron chi connectivity index (χ3n) is 1.90. The molecule has 0 N–H and O–H groups in total. The first-order valence-corrected chi connectivity index (χ1v) is 4.24. The highest BCUT2D eigenvalue weighted by atomic mass is 16.1. The second-order valence-corrected chi connectivity index (χ2v) is 2.91. The molecule has 14 heavy (non-hydrogen) atoms. The van der Waals surface area contributed by atoms with E-state index in [-0.39, 0.29) is 0 Å². The Morgan fingerprint density at radius 1 is 1.43 bits per heavy atom. The number of aryl methyl sites for hydroxylation is 1. The van der Waals surface area contributed by atoms with Crippen molar-refractivity contribution in [3.05, 3.63) is 42.1 Å². The van der Waals surface area contributed by atoms with Crippen molar-refractivity contribution < 1.29 is 4.79 Å². The van der Waals surface area contributed by atoms with Gasteiger partial charge >= 0.3 is 0 Å². The molecule has 0 unspecified atom stereocenters. The van der Waals surface area contributed by atoms with Crippen LogP contribution in [-0.2, 0) is 0 Å². The maximum absolute atomic E-state index is 10.6. The van der Waals surface area contributed by atoms with Crippen LogP contribution in [0.15, 0.2) is 30.6 Å². The molecule has 0 bridgehead atoms. The molecule has 0 aliphatic carbocycles. The molecule has 0 fully saturated rings. The maximum Gasteiger partial charge on any atom is 0.185 e. The molecule has 0 saturated carbocycles. The molecule has 2 aromatic rings. The molecule has 0 aliphatic rings. The summed E-state index contributed by atoms with van der Waals surface area (Å²) in [5, 5.41) is 0. The van der Waals surface area contributed by atoms with E-state index in [0.29, 0.717) is 17.9 Å². The quantitative estimate of drug-likeness (QED) is 0.667. The smallest absolute Gasteiger partial charge is 0.185 e. The highest BCUT2D eigenvalue weighted by Crippen LogP contribution is 2.06. The molecule has 0 radical (unpaired) electrons. The molecule has 70 valence electrons. The van der Waals surface area contributed by atoms with Crippen molar-refractivity contribution in [1.29, 1.82) is 0 Å². The minimum absolute atomic E-state index is 0.364. The number of aromatic nitrogens is 3. The lowest BCUT2D eigenvalue weighted by molar-refractivity contribution is 0.111. The molecule has 0 atom stereocenters. The van der Waals surface area contributed by atoms with Crippen LogP contribution in [-0.4, -0.2) is 20.8 Å². The number of hydrogen-bond acceptors (Lipinski definition) is 3. The van der Waals surface area contributed by atoms with Gasteiger partial charge < -0.3 is 0 Å². The lowest BCUT2D eigenvalue weighted by Gasteiger charge is -2.02. The first-order chi connectivity index (χ1) is 6.81. The second-order valence-electron chi connectivity index (χ2n) is 2.91. The Morgan fingerprint density at radius 3 is 3.00 bits per heavy atom. The van der Waals surface area contributed by atoms with E-state index in [1.807, 2.05) is 25.1 Å². The molecule has 0 saturated heterocycles. The van der Waals surface area contributed by atoms with Crippen molar-refractivity contribution in [2.45, 2.75) is 6.92 Å². The van der Waals surface area contributed by atoms with E-state index in [0.717, 1.165) is 5.69 Å². The van der Waals surface area contributed by atoms with Crippen molar-refractivity contribution in [3.8, 4) is 5.82 Å².